The Kier molecular flexibility index (Phi) is 3.58. The predicted molar refractivity (Wildman–Crippen MR) is 129 cm³/mol. The van der Waals surface area contributed by atoms with Gasteiger partial charge in [0, 0.05) is 44.1 Å². The first-order valence-corrected chi connectivity index (χ1v) is 9.23. The monoisotopic (exact) mass is 482 g/mol. The van der Waals surface area contributed by atoms with E-state index in [-0.39, 0.29) is 4.90 Å². The standard InChI is InChI=1S/C24H23ClFN5O2/c1-4-33-22-12-20-17(11-21(22)30-23(32)6-5-9-31(2)3)24(15(13-27)14-28-20)29-16-7-8-19(26)18(25)10-16/h5-8,10-12,14H,4,9H2,1-3H3,(H,28,29)(H,30,32)/b6-5+/i2D3,3D3,4D2,5D,7D,8D,10D,11D,12D,14D. The minimum absolute atomic E-state index is 0.00328. The van der Waals surface area contributed by atoms with Gasteiger partial charge < -0.3 is 20.3 Å². The minimum atomic E-state index is -3.19. The number of fused-ring (bicyclic) bond motifs is 1. The summed E-state index contributed by atoms with van der Waals surface area (Å²) in [5.41, 5.74) is -3.20. The van der Waals surface area contributed by atoms with E-state index in [0.29, 0.717) is 6.08 Å². The molecule has 170 valence electrons. The fourth-order valence-corrected chi connectivity index (χ4v) is 2.59. The number of aromatic nitrogens is 1. The number of carbonyl (C=O) groups is 1. The van der Waals surface area contributed by atoms with Crippen molar-refractivity contribution in [1.29, 1.82) is 5.26 Å². The van der Waals surface area contributed by atoms with Crippen molar-refractivity contribution in [3.8, 4) is 11.8 Å². The molecule has 0 fully saturated rings. The Morgan fingerprint density at radius 2 is 2.30 bits per heavy atom. The number of likely N-dealkylation sites (N-methyl/N-ethyl adjacent to an activating group) is 1. The van der Waals surface area contributed by atoms with Gasteiger partial charge in [-0.2, -0.15) is 5.26 Å². The Balaban J connectivity index is 2.34. The van der Waals surface area contributed by atoms with Crippen LogP contribution in [0.3, 0.4) is 0 Å². The van der Waals surface area contributed by atoms with Crippen LogP contribution in [0.4, 0.5) is 21.5 Å². The van der Waals surface area contributed by atoms with Gasteiger partial charge in [0.15, 0.2) is 0 Å². The molecule has 0 unspecified atom stereocenters. The lowest BCUT2D eigenvalue weighted by Crippen LogP contribution is -2.13. The lowest BCUT2D eigenvalue weighted by molar-refractivity contribution is -0.111. The summed E-state index contributed by atoms with van der Waals surface area (Å²) in [7, 11) is 0. The summed E-state index contributed by atoms with van der Waals surface area (Å²) >= 11 is 5.82. The average molecular weight is 483 g/mol. The summed E-state index contributed by atoms with van der Waals surface area (Å²) in [6.45, 7) is -9.11. The van der Waals surface area contributed by atoms with Crippen LogP contribution in [-0.2, 0) is 4.79 Å². The Morgan fingerprint density at radius 1 is 1.48 bits per heavy atom. The second-order valence-electron chi connectivity index (χ2n) is 6.00. The Labute approximate surface area is 217 Å². The molecule has 2 aromatic carbocycles. The van der Waals surface area contributed by atoms with Crippen molar-refractivity contribution >= 4 is 45.5 Å². The van der Waals surface area contributed by atoms with Crippen LogP contribution in [0.2, 0.25) is 5.02 Å². The summed E-state index contributed by atoms with van der Waals surface area (Å²) < 4.78 is 138. The molecule has 33 heavy (non-hydrogen) atoms. The van der Waals surface area contributed by atoms with Crippen LogP contribution in [0, 0.1) is 17.1 Å². The smallest absolute Gasteiger partial charge is 0.248 e. The zero-order valence-electron chi connectivity index (χ0n) is 31.7. The number of nitrogens with one attached hydrogen (secondary N) is 2. The molecule has 1 amide bonds. The lowest BCUT2D eigenvalue weighted by Gasteiger charge is -2.16. The van der Waals surface area contributed by atoms with Crippen molar-refractivity contribution in [2.24, 2.45) is 0 Å². The van der Waals surface area contributed by atoms with E-state index < -0.39 is 126 Å². The van der Waals surface area contributed by atoms with Crippen molar-refractivity contribution in [1.82, 2.24) is 9.88 Å². The molecule has 0 saturated heterocycles. The molecule has 7 nitrogen and oxygen atoms in total. The van der Waals surface area contributed by atoms with Crippen molar-refractivity contribution < 1.29 is 34.5 Å². The zero-order valence-corrected chi connectivity index (χ0v) is 17.5. The van der Waals surface area contributed by atoms with Gasteiger partial charge in [-0.3, -0.25) is 9.78 Å². The summed E-state index contributed by atoms with van der Waals surface area (Å²) in [5, 5.41) is 13.0. The highest BCUT2D eigenvalue weighted by Crippen LogP contribution is 2.36. The number of halogens is 2. The van der Waals surface area contributed by atoms with E-state index >= 15 is 0 Å². The van der Waals surface area contributed by atoms with Gasteiger partial charge in [0.2, 0.25) is 5.91 Å². The van der Waals surface area contributed by atoms with Crippen molar-refractivity contribution in [2.75, 3.05) is 37.7 Å². The average Bonchev–Trinajstić information content (AvgIpc) is 2.94. The lowest BCUT2D eigenvalue weighted by atomic mass is 10.1. The number of benzene rings is 2. The number of hydrogen-bond donors (Lipinski definition) is 2. The highest BCUT2D eigenvalue weighted by atomic mass is 35.5. The molecule has 0 atom stereocenters. The second kappa shape index (κ2) is 10.8. The first kappa shape index (κ1) is 11.0. The predicted octanol–water partition coefficient (Wildman–Crippen LogP) is 5.10. The molecule has 0 bridgehead atoms. The molecule has 9 heteroatoms. The minimum Gasteiger partial charge on any atom is -0.492 e. The Bertz CT molecular complexity index is 1850. The van der Waals surface area contributed by atoms with Gasteiger partial charge in [0.05, 0.1) is 46.4 Å². The number of pyridine rings is 1. The first-order chi connectivity index (χ1) is 21.8. The van der Waals surface area contributed by atoms with E-state index in [0.717, 1.165) is 6.92 Å². The molecule has 0 aliphatic heterocycles. The number of rotatable bonds is 8. The van der Waals surface area contributed by atoms with E-state index in [2.05, 4.69) is 15.6 Å². The van der Waals surface area contributed by atoms with Crippen LogP contribution < -0.4 is 15.4 Å². The maximum atomic E-state index is 14.3. The van der Waals surface area contributed by atoms with Gasteiger partial charge in [0.25, 0.3) is 0 Å². The first-order valence-electron chi connectivity index (χ1n) is 16.4. The third-order valence-corrected chi connectivity index (χ3v) is 4.01. The number of nitriles is 1. The molecule has 0 saturated carbocycles. The van der Waals surface area contributed by atoms with Crippen LogP contribution in [0.25, 0.3) is 10.9 Å². The molecule has 0 spiro atoms. The molecule has 0 aliphatic rings. The SMILES string of the molecule is [2H]/C(=C\C(=O)Nc1c(OC([2H])([2H])C)c([2H])c2nc([2H])c(C#N)c(Nc3c([2H])c([2H])c(F)c(Cl)c3[2H])c2c1[2H])CN(C([2H])([2H])[2H])C([2H])([2H])[2H]. The molecule has 1 heterocycles. The number of hydrogen-bond acceptors (Lipinski definition) is 6. The van der Waals surface area contributed by atoms with Crippen molar-refractivity contribution in [2.45, 2.75) is 6.92 Å². The Hall–Kier alpha value is -3.67. The van der Waals surface area contributed by atoms with Gasteiger partial charge in [-0.25, -0.2) is 4.39 Å². The van der Waals surface area contributed by atoms with Gasteiger partial charge in [-0.15, -0.1) is 0 Å². The molecule has 0 aliphatic carbocycles. The van der Waals surface area contributed by atoms with Gasteiger partial charge in [-0.05, 0) is 45.0 Å². The molecule has 3 rings (SSSR count). The van der Waals surface area contributed by atoms with Crippen LogP contribution in [0.1, 0.15) is 33.0 Å². The Morgan fingerprint density at radius 3 is 3.03 bits per heavy atom. The van der Waals surface area contributed by atoms with Gasteiger partial charge in [-0.1, -0.05) is 17.7 Å². The van der Waals surface area contributed by atoms with E-state index in [1.165, 1.54) is 0 Å². The highest BCUT2D eigenvalue weighted by Gasteiger charge is 2.15. The van der Waals surface area contributed by atoms with E-state index in [9.17, 15) is 14.4 Å². The fraction of sp³-hybridized carbons (Fsp3) is 0.208. The number of carbonyl (C=O) groups excluding carboxylic acids is 1. The topological polar surface area (TPSA) is 90.3 Å². The molecule has 0 radical (unpaired) electrons. The van der Waals surface area contributed by atoms with Crippen molar-refractivity contribution in [3.63, 3.8) is 0 Å². The molecule has 1 aromatic heterocycles. The summed E-state index contributed by atoms with van der Waals surface area (Å²) in [6, 6.07) is -3.69. The fourth-order valence-electron chi connectivity index (χ4n) is 2.45. The maximum Gasteiger partial charge on any atom is 0.248 e. The number of anilines is 3. The van der Waals surface area contributed by atoms with E-state index in [1.54, 1.807) is 6.07 Å². The summed E-state index contributed by atoms with van der Waals surface area (Å²) in [6.07, 6.45) is -0.350. The second-order valence-corrected chi connectivity index (χ2v) is 6.37. The molecule has 2 N–H and O–H groups in total. The van der Waals surface area contributed by atoms with Gasteiger partial charge in [0.1, 0.15) is 17.6 Å². The maximum absolute atomic E-state index is 14.3. The number of ether oxygens (including phenoxy) is 1. The summed E-state index contributed by atoms with van der Waals surface area (Å²) in [4.78, 5) is 16.9. The van der Waals surface area contributed by atoms with Crippen LogP contribution in [0.5, 0.6) is 5.75 Å². The number of amides is 1. The summed E-state index contributed by atoms with van der Waals surface area (Å²) in [5.74, 6) is -3.50. The largest absolute Gasteiger partial charge is 0.492 e. The van der Waals surface area contributed by atoms with Crippen LogP contribution in [0.15, 0.2) is 48.5 Å². The normalized spacial score (nSPS) is 19.1. The third kappa shape index (κ3) is 5.98. The third-order valence-electron chi connectivity index (χ3n) is 3.75. The highest BCUT2D eigenvalue weighted by molar-refractivity contribution is 6.31. The quantitative estimate of drug-likeness (QED) is 0.434. The van der Waals surface area contributed by atoms with Crippen LogP contribution in [-0.4, -0.2) is 42.8 Å². The zero-order chi connectivity index (χ0) is 36.8. The molecular weight excluding hydrogens is 445 g/mol. The van der Waals surface area contributed by atoms with E-state index in [4.69, 9.17) is 36.9 Å². The van der Waals surface area contributed by atoms with Crippen molar-refractivity contribution in [3.05, 3.63) is 64.9 Å². The van der Waals surface area contributed by atoms with Gasteiger partial charge >= 0.3 is 0 Å². The molecule has 3 aromatic rings. The molecular formula is C24H23ClFN5O2. The number of nitrogens with zero attached hydrogens (tertiary/aromatic N) is 3. The van der Waals surface area contributed by atoms with Crippen LogP contribution >= 0.6 is 11.6 Å². The van der Waals surface area contributed by atoms with E-state index in [1.807, 2.05) is 0 Å².